The van der Waals surface area contributed by atoms with Crippen LogP contribution in [0.1, 0.15) is 5.56 Å². The van der Waals surface area contributed by atoms with Crippen molar-refractivity contribution in [3.05, 3.63) is 65.2 Å². The molecule has 0 aliphatic rings. The lowest BCUT2D eigenvalue weighted by Gasteiger charge is -2.06. The largest absolute Gasteiger partial charge is 0.385 e. The Morgan fingerprint density at radius 2 is 1.94 bits per heavy atom. The molecule has 0 bridgehead atoms. The lowest BCUT2D eigenvalue weighted by molar-refractivity contribution is 1.02. The Kier molecular flexibility index (Phi) is 3.84. The van der Waals surface area contributed by atoms with E-state index in [0.717, 1.165) is 23.7 Å². The Bertz CT molecular complexity index is 439. The van der Waals surface area contributed by atoms with E-state index in [1.807, 2.05) is 42.5 Å². The summed E-state index contributed by atoms with van der Waals surface area (Å²) in [4.78, 5) is 0. The van der Waals surface area contributed by atoms with Crippen molar-refractivity contribution >= 4 is 17.3 Å². The number of hydrogen-bond acceptors (Lipinski definition) is 1. The summed E-state index contributed by atoms with van der Waals surface area (Å²) in [7, 11) is 0. The van der Waals surface area contributed by atoms with E-state index in [2.05, 4.69) is 17.4 Å². The molecule has 0 aromatic heterocycles. The second kappa shape index (κ2) is 5.57. The minimum Gasteiger partial charge on any atom is -0.385 e. The molecule has 0 fully saturated rings. The van der Waals surface area contributed by atoms with Crippen molar-refractivity contribution in [3.8, 4) is 0 Å². The Balaban J connectivity index is 1.85. The number of rotatable bonds is 4. The van der Waals surface area contributed by atoms with Crippen molar-refractivity contribution < 1.29 is 0 Å². The molecule has 16 heavy (non-hydrogen) atoms. The predicted molar refractivity (Wildman–Crippen MR) is 68.9 cm³/mol. The highest BCUT2D eigenvalue weighted by Gasteiger charge is 1.94. The molecular formula is C14H13ClN. The number of benzene rings is 2. The van der Waals surface area contributed by atoms with Gasteiger partial charge in [-0.15, -0.1) is 0 Å². The SMILES string of the molecule is Clc1cccc(CCNc2cc[c]cc2)c1. The fourth-order valence-corrected chi connectivity index (χ4v) is 1.76. The Labute approximate surface area is 101 Å². The van der Waals surface area contributed by atoms with Crippen LogP contribution in [0.4, 0.5) is 5.69 Å². The van der Waals surface area contributed by atoms with Crippen LogP contribution in [0.15, 0.2) is 48.5 Å². The Hall–Kier alpha value is -1.47. The van der Waals surface area contributed by atoms with E-state index in [1.54, 1.807) is 0 Å². The summed E-state index contributed by atoms with van der Waals surface area (Å²) in [6, 6.07) is 18.8. The molecule has 0 saturated carbocycles. The van der Waals surface area contributed by atoms with E-state index in [-0.39, 0.29) is 0 Å². The first-order valence-electron chi connectivity index (χ1n) is 5.29. The highest BCUT2D eigenvalue weighted by Crippen LogP contribution is 2.11. The van der Waals surface area contributed by atoms with Gasteiger partial charge in [-0.3, -0.25) is 0 Å². The molecule has 1 N–H and O–H groups in total. The van der Waals surface area contributed by atoms with Crippen LogP contribution in [0, 0.1) is 6.07 Å². The van der Waals surface area contributed by atoms with E-state index in [9.17, 15) is 0 Å². The van der Waals surface area contributed by atoms with Gasteiger partial charge in [0, 0.05) is 17.3 Å². The molecule has 2 aromatic carbocycles. The molecule has 0 atom stereocenters. The van der Waals surface area contributed by atoms with Crippen LogP contribution < -0.4 is 5.32 Å². The smallest absolute Gasteiger partial charge is 0.0408 e. The first-order chi connectivity index (χ1) is 7.84. The van der Waals surface area contributed by atoms with Gasteiger partial charge in [-0.1, -0.05) is 35.9 Å². The first-order valence-corrected chi connectivity index (χ1v) is 5.67. The average molecular weight is 231 g/mol. The van der Waals surface area contributed by atoms with Gasteiger partial charge in [0.1, 0.15) is 0 Å². The molecule has 0 aliphatic heterocycles. The molecule has 2 aromatic rings. The lowest BCUT2D eigenvalue weighted by Crippen LogP contribution is -2.04. The topological polar surface area (TPSA) is 12.0 Å². The monoisotopic (exact) mass is 230 g/mol. The first kappa shape index (κ1) is 11.0. The second-order valence-electron chi connectivity index (χ2n) is 3.60. The zero-order valence-corrected chi connectivity index (χ0v) is 9.67. The minimum atomic E-state index is 0.798. The molecule has 0 spiro atoms. The molecule has 81 valence electrons. The Morgan fingerprint density at radius 1 is 1.12 bits per heavy atom. The van der Waals surface area contributed by atoms with E-state index >= 15 is 0 Å². The van der Waals surface area contributed by atoms with Gasteiger partial charge in [0.15, 0.2) is 0 Å². The van der Waals surface area contributed by atoms with Crippen LogP contribution in [0.25, 0.3) is 0 Å². The standard InChI is InChI=1S/C14H13ClN/c15-13-6-4-5-12(11-13)9-10-16-14-7-2-1-3-8-14/h2-8,11,16H,9-10H2. The molecule has 0 aliphatic carbocycles. The highest BCUT2D eigenvalue weighted by atomic mass is 35.5. The molecule has 0 heterocycles. The van der Waals surface area contributed by atoms with Crippen LogP contribution in [0.3, 0.4) is 0 Å². The van der Waals surface area contributed by atoms with Crippen LogP contribution >= 0.6 is 11.6 Å². The van der Waals surface area contributed by atoms with E-state index in [0.29, 0.717) is 0 Å². The van der Waals surface area contributed by atoms with Crippen molar-refractivity contribution in [3.63, 3.8) is 0 Å². The molecule has 2 rings (SSSR count). The molecule has 0 unspecified atom stereocenters. The third kappa shape index (κ3) is 3.28. The maximum Gasteiger partial charge on any atom is 0.0408 e. The maximum absolute atomic E-state index is 5.92. The average Bonchev–Trinajstić information content (AvgIpc) is 2.30. The maximum atomic E-state index is 5.92. The van der Waals surface area contributed by atoms with Gasteiger partial charge in [0.25, 0.3) is 0 Å². The van der Waals surface area contributed by atoms with Crippen molar-refractivity contribution in [2.75, 3.05) is 11.9 Å². The molecule has 0 amide bonds. The zero-order valence-electron chi connectivity index (χ0n) is 8.91. The predicted octanol–water partition coefficient (Wildman–Crippen LogP) is 3.79. The van der Waals surface area contributed by atoms with E-state index in [4.69, 9.17) is 11.6 Å². The summed E-state index contributed by atoms with van der Waals surface area (Å²) in [5, 5.41) is 4.15. The van der Waals surface area contributed by atoms with Crippen LogP contribution in [-0.4, -0.2) is 6.54 Å². The summed E-state index contributed by atoms with van der Waals surface area (Å²) in [6.45, 7) is 0.907. The van der Waals surface area contributed by atoms with Gasteiger partial charge in [-0.25, -0.2) is 0 Å². The second-order valence-corrected chi connectivity index (χ2v) is 4.03. The molecule has 1 nitrogen and oxygen atoms in total. The molecule has 1 radical (unpaired) electrons. The summed E-state index contributed by atoms with van der Waals surface area (Å²) in [5.74, 6) is 0. The zero-order chi connectivity index (χ0) is 11.2. The third-order valence-corrected chi connectivity index (χ3v) is 2.59. The summed E-state index contributed by atoms with van der Waals surface area (Å²) >= 11 is 5.92. The molecule has 0 saturated heterocycles. The Morgan fingerprint density at radius 3 is 2.69 bits per heavy atom. The van der Waals surface area contributed by atoms with Gasteiger partial charge in [-0.2, -0.15) is 0 Å². The quantitative estimate of drug-likeness (QED) is 0.843. The van der Waals surface area contributed by atoms with Crippen LogP contribution in [-0.2, 0) is 6.42 Å². The van der Waals surface area contributed by atoms with Crippen molar-refractivity contribution in [1.82, 2.24) is 0 Å². The van der Waals surface area contributed by atoms with Crippen molar-refractivity contribution in [2.24, 2.45) is 0 Å². The number of halogens is 1. The van der Waals surface area contributed by atoms with Gasteiger partial charge >= 0.3 is 0 Å². The minimum absolute atomic E-state index is 0.798. The summed E-state index contributed by atoms with van der Waals surface area (Å²) < 4.78 is 0. The third-order valence-electron chi connectivity index (χ3n) is 2.35. The summed E-state index contributed by atoms with van der Waals surface area (Å²) in [5.41, 5.74) is 2.38. The normalized spacial score (nSPS) is 10.1. The summed E-state index contributed by atoms with van der Waals surface area (Å²) in [6.07, 6.45) is 0.971. The van der Waals surface area contributed by atoms with Crippen LogP contribution in [0.5, 0.6) is 0 Å². The van der Waals surface area contributed by atoms with Crippen molar-refractivity contribution in [2.45, 2.75) is 6.42 Å². The van der Waals surface area contributed by atoms with Gasteiger partial charge in [0.05, 0.1) is 0 Å². The van der Waals surface area contributed by atoms with Gasteiger partial charge in [0.2, 0.25) is 0 Å². The van der Waals surface area contributed by atoms with E-state index < -0.39 is 0 Å². The lowest BCUT2D eigenvalue weighted by atomic mass is 10.1. The highest BCUT2D eigenvalue weighted by molar-refractivity contribution is 6.30. The van der Waals surface area contributed by atoms with Crippen LogP contribution in [0.2, 0.25) is 5.02 Å². The molecule has 2 heteroatoms. The fraction of sp³-hybridized carbons (Fsp3) is 0.143. The number of nitrogens with one attached hydrogen (secondary N) is 1. The van der Waals surface area contributed by atoms with Crippen molar-refractivity contribution in [1.29, 1.82) is 0 Å². The number of hydrogen-bond donors (Lipinski definition) is 1. The number of anilines is 1. The fourth-order valence-electron chi connectivity index (χ4n) is 1.55. The van der Waals surface area contributed by atoms with Gasteiger partial charge < -0.3 is 5.32 Å². The van der Waals surface area contributed by atoms with Gasteiger partial charge in [-0.05, 0) is 42.3 Å². The molecular weight excluding hydrogens is 218 g/mol. The van der Waals surface area contributed by atoms with E-state index in [1.165, 1.54) is 5.56 Å².